The Morgan fingerprint density at radius 2 is 2.20 bits per heavy atom. The van der Waals surface area contributed by atoms with Crippen LogP contribution in [0.15, 0.2) is 35.2 Å². The number of aliphatic carboxylic acids is 1. The van der Waals surface area contributed by atoms with E-state index in [2.05, 4.69) is 24.3 Å². The van der Waals surface area contributed by atoms with Crippen LogP contribution in [-0.4, -0.2) is 16.8 Å². The van der Waals surface area contributed by atoms with E-state index < -0.39 is 5.97 Å². The maximum Gasteiger partial charge on any atom is 0.303 e. The van der Waals surface area contributed by atoms with Gasteiger partial charge in [0.05, 0.1) is 0 Å². The first kappa shape index (κ1) is 15.5. The predicted octanol–water partition coefficient (Wildman–Crippen LogP) is 5.12. The molecule has 0 radical (unpaired) electrons. The zero-order chi connectivity index (χ0) is 14.4. The van der Waals surface area contributed by atoms with Crippen molar-refractivity contribution < 1.29 is 9.90 Å². The zero-order valence-electron chi connectivity index (χ0n) is 11.3. The summed E-state index contributed by atoms with van der Waals surface area (Å²) >= 11 is 7.89. The van der Waals surface area contributed by atoms with Gasteiger partial charge in [-0.25, -0.2) is 0 Å². The second kappa shape index (κ2) is 7.75. The Balaban J connectivity index is 1.76. The van der Waals surface area contributed by atoms with Crippen molar-refractivity contribution in [2.24, 2.45) is 0 Å². The van der Waals surface area contributed by atoms with Crippen molar-refractivity contribution >= 4 is 29.3 Å². The molecule has 1 saturated carbocycles. The molecule has 108 valence electrons. The lowest BCUT2D eigenvalue weighted by Gasteiger charge is -2.07. The lowest BCUT2D eigenvalue weighted by atomic mass is 10.1. The van der Waals surface area contributed by atoms with Gasteiger partial charge in [-0.05, 0) is 55.4 Å². The molecule has 0 saturated heterocycles. The van der Waals surface area contributed by atoms with Crippen LogP contribution in [0.1, 0.15) is 43.6 Å². The maximum atomic E-state index is 10.4. The Morgan fingerprint density at radius 3 is 2.90 bits per heavy atom. The first-order valence-electron chi connectivity index (χ1n) is 6.96. The SMILES string of the molecule is O=C(O)CCCC=CCSc1ccc(Cl)cc1C1CC1. The standard InChI is InChI=1S/C16H19ClO2S/c17-13-8-9-15(14(11-13)12-6-7-12)20-10-4-2-1-3-5-16(18)19/h2,4,8-9,11-12H,1,3,5-7,10H2,(H,18,19). The van der Waals surface area contributed by atoms with E-state index in [1.165, 1.54) is 23.3 Å². The summed E-state index contributed by atoms with van der Waals surface area (Å²) in [6, 6.07) is 6.16. The van der Waals surface area contributed by atoms with Crippen LogP contribution in [0.2, 0.25) is 5.02 Å². The first-order chi connectivity index (χ1) is 9.66. The number of allylic oxidation sites excluding steroid dienone is 1. The average molecular weight is 311 g/mol. The molecular formula is C16H19ClO2S. The zero-order valence-corrected chi connectivity index (χ0v) is 12.9. The van der Waals surface area contributed by atoms with Crippen molar-refractivity contribution in [3.63, 3.8) is 0 Å². The van der Waals surface area contributed by atoms with Crippen LogP contribution in [0, 0.1) is 0 Å². The molecule has 0 amide bonds. The second-order valence-electron chi connectivity index (χ2n) is 5.02. The number of rotatable bonds is 8. The molecule has 1 fully saturated rings. The van der Waals surface area contributed by atoms with Gasteiger partial charge in [-0.15, -0.1) is 11.8 Å². The van der Waals surface area contributed by atoms with Crippen LogP contribution in [0.5, 0.6) is 0 Å². The summed E-state index contributed by atoms with van der Waals surface area (Å²) in [4.78, 5) is 11.7. The van der Waals surface area contributed by atoms with E-state index in [0.717, 1.165) is 17.2 Å². The summed E-state index contributed by atoms with van der Waals surface area (Å²) in [7, 11) is 0. The number of thioether (sulfide) groups is 1. The average Bonchev–Trinajstić information content (AvgIpc) is 3.23. The topological polar surface area (TPSA) is 37.3 Å². The third kappa shape index (κ3) is 5.22. The van der Waals surface area contributed by atoms with Gasteiger partial charge in [0.1, 0.15) is 0 Å². The number of benzene rings is 1. The molecule has 2 nitrogen and oxygen atoms in total. The van der Waals surface area contributed by atoms with E-state index in [0.29, 0.717) is 12.3 Å². The molecule has 0 aliphatic heterocycles. The Hall–Kier alpha value is -0.930. The van der Waals surface area contributed by atoms with E-state index in [4.69, 9.17) is 16.7 Å². The number of halogens is 1. The fourth-order valence-electron chi connectivity index (χ4n) is 2.06. The molecule has 1 aliphatic carbocycles. The quantitative estimate of drug-likeness (QED) is 0.411. The van der Waals surface area contributed by atoms with Crippen molar-refractivity contribution in [1.29, 1.82) is 0 Å². The monoisotopic (exact) mass is 310 g/mol. The fourth-order valence-corrected chi connectivity index (χ4v) is 3.21. The molecule has 0 spiro atoms. The molecule has 1 aromatic rings. The van der Waals surface area contributed by atoms with E-state index >= 15 is 0 Å². The number of carbonyl (C=O) groups is 1. The van der Waals surface area contributed by atoms with Gasteiger partial charge in [-0.1, -0.05) is 23.8 Å². The minimum atomic E-state index is -0.719. The van der Waals surface area contributed by atoms with Gasteiger partial charge in [0.15, 0.2) is 0 Å². The van der Waals surface area contributed by atoms with Gasteiger partial charge in [0, 0.05) is 22.1 Å². The Labute approximate surface area is 129 Å². The summed E-state index contributed by atoms with van der Waals surface area (Å²) in [5.74, 6) is 0.910. The summed E-state index contributed by atoms with van der Waals surface area (Å²) in [5, 5.41) is 9.36. The second-order valence-corrected chi connectivity index (χ2v) is 6.52. The predicted molar refractivity (Wildman–Crippen MR) is 84.8 cm³/mol. The van der Waals surface area contributed by atoms with Crippen LogP contribution in [-0.2, 0) is 4.79 Å². The van der Waals surface area contributed by atoms with Crippen LogP contribution in [0.25, 0.3) is 0 Å². The summed E-state index contributed by atoms with van der Waals surface area (Å²) < 4.78 is 0. The van der Waals surface area contributed by atoms with Gasteiger partial charge < -0.3 is 5.11 Å². The molecule has 2 rings (SSSR count). The maximum absolute atomic E-state index is 10.4. The highest BCUT2D eigenvalue weighted by atomic mass is 35.5. The summed E-state index contributed by atoms with van der Waals surface area (Å²) in [5.41, 5.74) is 1.39. The van der Waals surface area contributed by atoms with Crippen LogP contribution >= 0.6 is 23.4 Å². The first-order valence-corrected chi connectivity index (χ1v) is 8.32. The molecule has 1 N–H and O–H groups in total. The van der Waals surface area contributed by atoms with E-state index in [1.807, 2.05) is 17.8 Å². The molecule has 0 bridgehead atoms. The molecule has 20 heavy (non-hydrogen) atoms. The largest absolute Gasteiger partial charge is 0.481 e. The molecule has 4 heteroatoms. The number of carboxylic acids is 1. The molecule has 1 aliphatic rings. The lowest BCUT2D eigenvalue weighted by molar-refractivity contribution is -0.137. The van der Waals surface area contributed by atoms with E-state index in [9.17, 15) is 4.79 Å². The molecule has 0 atom stereocenters. The van der Waals surface area contributed by atoms with Gasteiger partial charge in [-0.3, -0.25) is 4.79 Å². The molecular weight excluding hydrogens is 292 g/mol. The number of unbranched alkanes of at least 4 members (excludes halogenated alkanes) is 1. The molecule has 1 aromatic carbocycles. The van der Waals surface area contributed by atoms with Gasteiger partial charge in [0.2, 0.25) is 0 Å². The Morgan fingerprint density at radius 1 is 1.40 bits per heavy atom. The third-order valence-corrected chi connectivity index (χ3v) is 4.53. The van der Waals surface area contributed by atoms with Crippen LogP contribution < -0.4 is 0 Å². The van der Waals surface area contributed by atoms with E-state index in [1.54, 1.807) is 0 Å². The van der Waals surface area contributed by atoms with Crippen LogP contribution in [0.3, 0.4) is 0 Å². The number of hydrogen-bond donors (Lipinski definition) is 1. The third-order valence-electron chi connectivity index (χ3n) is 3.25. The minimum Gasteiger partial charge on any atom is -0.481 e. The fraction of sp³-hybridized carbons (Fsp3) is 0.438. The molecule has 0 heterocycles. The normalized spacial score (nSPS) is 14.8. The summed E-state index contributed by atoms with van der Waals surface area (Å²) in [6.07, 6.45) is 8.55. The van der Waals surface area contributed by atoms with Crippen molar-refractivity contribution in [2.75, 3.05) is 5.75 Å². The van der Waals surface area contributed by atoms with Crippen LogP contribution in [0.4, 0.5) is 0 Å². The number of hydrogen-bond acceptors (Lipinski definition) is 2. The highest BCUT2D eigenvalue weighted by Crippen LogP contribution is 2.45. The Bertz CT molecular complexity index is 495. The van der Waals surface area contributed by atoms with E-state index in [-0.39, 0.29) is 6.42 Å². The van der Waals surface area contributed by atoms with Crippen molar-refractivity contribution in [3.05, 3.63) is 40.9 Å². The Kier molecular flexibility index (Phi) is 5.99. The van der Waals surface area contributed by atoms with Gasteiger partial charge >= 0.3 is 5.97 Å². The highest BCUT2D eigenvalue weighted by molar-refractivity contribution is 7.99. The summed E-state index contributed by atoms with van der Waals surface area (Å²) in [6.45, 7) is 0. The minimum absolute atomic E-state index is 0.250. The highest BCUT2D eigenvalue weighted by Gasteiger charge is 2.26. The lowest BCUT2D eigenvalue weighted by Crippen LogP contribution is -1.92. The smallest absolute Gasteiger partial charge is 0.303 e. The van der Waals surface area contributed by atoms with Gasteiger partial charge in [0.25, 0.3) is 0 Å². The van der Waals surface area contributed by atoms with Gasteiger partial charge in [-0.2, -0.15) is 0 Å². The van der Waals surface area contributed by atoms with Crippen molar-refractivity contribution in [2.45, 2.75) is 42.9 Å². The van der Waals surface area contributed by atoms with Crippen molar-refractivity contribution in [3.8, 4) is 0 Å². The molecule has 0 unspecified atom stereocenters. The van der Waals surface area contributed by atoms with Crippen molar-refractivity contribution in [1.82, 2.24) is 0 Å². The molecule has 0 aromatic heterocycles. The number of carboxylic acid groups (broad SMARTS) is 1.